The van der Waals surface area contributed by atoms with E-state index in [9.17, 15) is 35.5 Å². The molecule has 15 heteroatoms. The standard InChI is InChI=1S/C40H70N2O13/c1-14-16-17-42(12)27-18-22(4)51-37(31(27)43)55-35-24(6)32(54-29-20-39(10,50-13)34(45)26(8)52-29)25(7)36(46)53-28(15-2)40(11,48)33(44)23(5)30(41-49)21(3)19-38(35,9)47/h1,21-29,31-35,37,43-45,47-49H,15-20H2,2-13H3/b41-30+/t21-,22-,23+,24+,25-,26+,27+,28-,29?,31-,32+,33-,34+,35-,37+,38-,39-,40-/m1/s1. The molecule has 0 saturated carbocycles. The number of rotatable bonds is 9. The van der Waals surface area contributed by atoms with Crippen molar-refractivity contribution in [2.75, 3.05) is 20.7 Å². The maximum atomic E-state index is 14.2. The molecule has 0 radical (unpaired) electrons. The quantitative estimate of drug-likeness (QED) is 0.0859. The van der Waals surface area contributed by atoms with Gasteiger partial charge in [0.1, 0.15) is 23.9 Å². The number of ether oxygens (including phenoxy) is 6. The lowest BCUT2D eigenvalue weighted by atomic mass is 9.73. The minimum atomic E-state index is -1.98. The second kappa shape index (κ2) is 19.2. The highest BCUT2D eigenvalue weighted by atomic mass is 16.7. The largest absolute Gasteiger partial charge is 0.459 e. The number of methoxy groups -OCH3 is 1. The van der Waals surface area contributed by atoms with Crippen molar-refractivity contribution in [3.63, 3.8) is 0 Å². The SMILES string of the molecule is C#CCCN(C)[C@H]1C[C@@H](C)O[C@@H](O[C@@H]2[C@@H](C)[C@H](OC3C[C@@](C)(OC)[C@@H](O)[C@H](C)O3)[C@@H](C)C(=O)O[C@H](CC)[C@@](C)(O)[C@H](O)[C@@H](C)/C(=N/O)[C@H](C)C[C@@]2(C)O)[C@@H]1O. The van der Waals surface area contributed by atoms with E-state index >= 15 is 0 Å². The van der Waals surface area contributed by atoms with Gasteiger partial charge in [-0.25, -0.2) is 0 Å². The Balaban J connectivity index is 2.21. The molecular formula is C40H70N2O13. The molecule has 3 fully saturated rings. The Morgan fingerprint density at radius 3 is 2.18 bits per heavy atom. The summed E-state index contributed by atoms with van der Waals surface area (Å²) in [6.45, 7) is 17.1. The van der Waals surface area contributed by atoms with Crippen LogP contribution in [0.1, 0.15) is 101 Å². The molecule has 0 bridgehead atoms. The fourth-order valence-corrected chi connectivity index (χ4v) is 8.94. The molecule has 15 nitrogen and oxygen atoms in total. The summed E-state index contributed by atoms with van der Waals surface area (Å²) in [7, 11) is 3.34. The van der Waals surface area contributed by atoms with Crippen LogP contribution in [-0.4, -0.2) is 152 Å². The Kier molecular flexibility index (Phi) is 16.6. The van der Waals surface area contributed by atoms with Crippen LogP contribution in [-0.2, 0) is 33.2 Å². The number of hydrogen-bond acceptors (Lipinski definition) is 15. The van der Waals surface area contributed by atoms with Gasteiger partial charge in [0.15, 0.2) is 12.6 Å². The van der Waals surface area contributed by atoms with E-state index in [1.165, 1.54) is 14.0 Å². The Morgan fingerprint density at radius 2 is 1.62 bits per heavy atom. The predicted molar refractivity (Wildman–Crippen MR) is 203 cm³/mol. The molecule has 0 aromatic carbocycles. The number of aliphatic hydroxyl groups is 5. The van der Waals surface area contributed by atoms with Crippen molar-refractivity contribution in [2.24, 2.45) is 28.8 Å². The molecule has 1 unspecified atom stereocenters. The lowest BCUT2D eigenvalue weighted by molar-refractivity contribution is -0.318. The van der Waals surface area contributed by atoms with Crippen molar-refractivity contribution in [2.45, 2.75) is 186 Å². The third kappa shape index (κ3) is 10.6. The summed E-state index contributed by atoms with van der Waals surface area (Å²) in [6.07, 6.45) is -3.89. The number of cyclic esters (lactones) is 1. The number of carbonyl (C=O) groups excluding carboxylic acids is 1. The van der Waals surface area contributed by atoms with Crippen molar-refractivity contribution in [1.82, 2.24) is 4.90 Å². The van der Waals surface area contributed by atoms with E-state index < -0.39 is 108 Å². The van der Waals surface area contributed by atoms with Crippen LogP contribution < -0.4 is 0 Å². The second-order valence-corrected chi connectivity index (χ2v) is 17.1. The highest BCUT2D eigenvalue weighted by molar-refractivity contribution is 5.88. The molecule has 3 aliphatic rings. The number of likely N-dealkylation sites (N-methyl/N-ethyl adjacent to an activating group) is 1. The first-order chi connectivity index (χ1) is 25.5. The van der Waals surface area contributed by atoms with Crippen LogP contribution in [0.3, 0.4) is 0 Å². The third-order valence-corrected chi connectivity index (χ3v) is 12.5. The summed E-state index contributed by atoms with van der Waals surface area (Å²) in [5.74, 6) is -1.71. The molecule has 6 N–H and O–H groups in total. The van der Waals surface area contributed by atoms with E-state index in [0.29, 0.717) is 19.4 Å². The average Bonchev–Trinajstić information content (AvgIpc) is 3.12. The summed E-state index contributed by atoms with van der Waals surface area (Å²) in [6, 6.07) is -0.398. The Labute approximate surface area is 327 Å². The molecule has 318 valence electrons. The zero-order chi connectivity index (χ0) is 41.8. The van der Waals surface area contributed by atoms with Gasteiger partial charge >= 0.3 is 5.97 Å². The molecule has 0 aromatic heterocycles. The highest BCUT2D eigenvalue weighted by Gasteiger charge is 2.53. The number of carbonyl (C=O) groups is 1. The first-order valence-electron chi connectivity index (χ1n) is 19.7. The maximum Gasteiger partial charge on any atom is 0.311 e. The normalized spacial score (nSPS) is 47.5. The van der Waals surface area contributed by atoms with Crippen molar-refractivity contribution in [3.05, 3.63) is 0 Å². The van der Waals surface area contributed by atoms with Crippen LogP contribution in [0.2, 0.25) is 0 Å². The van der Waals surface area contributed by atoms with E-state index in [1.54, 1.807) is 55.4 Å². The molecule has 55 heavy (non-hydrogen) atoms. The molecule has 0 aromatic rings. The average molecular weight is 787 g/mol. The summed E-state index contributed by atoms with van der Waals surface area (Å²) in [4.78, 5) is 16.2. The van der Waals surface area contributed by atoms with Gasteiger partial charge in [0, 0.05) is 50.3 Å². The number of esters is 1. The highest BCUT2D eigenvalue weighted by Crippen LogP contribution is 2.41. The fraction of sp³-hybridized carbons (Fsp3) is 0.900. The van der Waals surface area contributed by atoms with Gasteiger partial charge < -0.3 is 59.2 Å². The molecule has 3 aliphatic heterocycles. The van der Waals surface area contributed by atoms with Gasteiger partial charge in [-0.3, -0.25) is 9.69 Å². The minimum absolute atomic E-state index is 0.0826. The lowest BCUT2D eigenvalue weighted by Gasteiger charge is -2.49. The second-order valence-electron chi connectivity index (χ2n) is 17.1. The molecule has 18 atom stereocenters. The van der Waals surface area contributed by atoms with Crippen LogP contribution in [0.5, 0.6) is 0 Å². The first kappa shape index (κ1) is 47.4. The van der Waals surface area contributed by atoms with Gasteiger partial charge in [-0.05, 0) is 67.9 Å². The molecule has 0 amide bonds. The van der Waals surface area contributed by atoms with Gasteiger partial charge in [-0.2, -0.15) is 0 Å². The van der Waals surface area contributed by atoms with Crippen molar-refractivity contribution in [1.29, 1.82) is 0 Å². The van der Waals surface area contributed by atoms with E-state index in [0.717, 1.165) is 0 Å². The summed E-state index contributed by atoms with van der Waals surface area (Å²) in [5.41, 5.74) is -4.75. The van der Waals surface area contributed by atoms with Gasteiger partial charge in [0.05, 0.1) is 53.4 Å². The number of nitrogens with zero attached hydrogens (tertiary/aromatic N) is 2. The Hall–Kier alpha value is -1.94. The zero-order valence-corrected chi connectivity index (χ0v) is 34.9. The van der Waals surface area contributed by atoms with Crippen molar-refractivity contribution >= 4 is 11.7 Å². The van der Waals surface area contributed by atoms with E-state index in [-0.39, 0.29) is 31.1 Å². The third-order valence-electron chi connectivity index (χ3n) is 12.5. The van der Waals surface area contributed by atoms with Gasteiger partial charge in [-0.1, -0.05) is 32.9 Å². The minimum Gasteiger partial charge on any atom is -0.459 e. The topological polar surface area (TPSA) is 209 Å². The van der Waals surface area contributed by atoms with Crippen LogP contribution in [0.15, 0.2) is 5.16 Å². The smallest absolute Gasteiger partial charge is 0.311 e. The molecule has 0 aliphatic carbocycles. The Bertz CT molecular complexity index is 1320. The molecular weight excluding hydrogens is 716 g/mol. The van der Waals surface area contributed by atoms with E-state index in [1.807, 2.05) is 18.9 Å². The molecule has 0 spiro atoms. The van der Waals surface area contributed by atoms with Gasteiger partial charge in [0.2, 0.25) is 0 Å². The number of terminal acetylenes is 1. The predicted octanol–water partition coefficient (Wildman–Crippen LogP) is 2.44. The van der Waals surface area contributed by atoms with Crippen LogP contribution in [0.25, 0.3) is 0 Å². The van der Waals surface area contributed by atoms with Gasteiger partial charge in [-0.15, -0.1) is 12.3 Å². The number of oxime groups is 1. The Morgan fingerprint density at radius 1 is 0.982 bits per heavy atom. The fourth-order valence-electron chi connectivity index (χ4n) is 8.94. The van der Waals surface area contributed by atoms with Crippen LogP contribution >= 0.6 is 0 Å². The van der Waals surface area contributed by atoms with Crippen molar-refractivity contribution in [3.8, 4) is 12.3 Å². The first-order valence-corrected chi connectivity index (χ1v) is 19.7. The zero-order valence-electron chi connectivity index (χ0n) is 34.9. The van der Waals surface area contributed by atoms with Gasteiger partial charge in [0.25, 0.3) is 0 Å². The van der Waals surface area contributed by atoms with E-state index in [2.05, 4.69) is 11.1 Å². The van der Waals surface area contributed by atoms with Crippen LogP contribution in [0, 0.1) is 36.0 Å². The summed E-state index contributed by atoms with van der Waals surface area (Å²) >= 11 is 0. The molecule has 3 rings (SSSR count). The monoisotopic (exact) mass is 786 g/mol. The lowest BCUT2D eigenvalue weighted by Crippen LogP contribution is -2.61. The summed E-state index contributed by atoms with van der Waals surface area (Å²) in [5, 5.41) is 72.3. The maximum absolute atomic E-state index is 14.2. The molecule has 3 heterocycles. The summed E-state index contributed by atoms with van der Waals surface area (Å²) < 4.78 is 37.4. The number of aliphatic hydroxyl groups excluding tert-OH is 3. The van der Waals surface area contributed by atoms with E-state index in [4.69, 9.17) is 34.8 Å². The molecule has 3 saturated heterocycles. The number of hydrogen-bond donors (Lipinski definition) is 6. The van der Waals surface area contributed by atoms with Crippen LogP contribution in [0.4, 0.5) is 0 Å². The van der Waals surface area contributed by atoms with Crippen molar-refractivity contribution < 1.29 is 64.0 Å².